The third-order valence-electron chi connectivity index (χ3n) is 1.59. The van der Waals surface area contributed by atoms with Gasteiger partial charge in [0, 0.05) is 0 Å². The Morgan fingerprint density at radius 2 is 2.43 bits per heavy atom. The van der Waals surface area contributed by atoms with Gasteiger partial charge in [0.25, 0.3) is 0 Å². The highest BCUT2D eigenvalue weighted by molar-refractivity contribution is 5.96. The van der Waals surface area contributed by atoms with Gasteiger partial charge >= 0.3 is 5.97 Å². The van der Waals surface area contributed by atoms with Crippen LogP contribution in [0.4, 0.5) is 0 Å². The lowest BCUT2D eigenvalue weighted by Crippen LogP contribution is -2.33. The molecule has 0 fully saturated rings. The van der Waals surface area contributed by atoms with Crippen LogP contribution in [0.3, 0.4) is 0 Å². The molecular weight excluding hydrogens is 190 g/mol. The Bertz CT molecular complexity index is 322. The Hall–Kier alpha value is -1.92. The average Bonchev–Trinajstić information content (AvgIpc) is 2.65. The highest BCUT2D eigenvalue weighted by Crippen LogP contribution is 1.95. The zero-order valence-electron chi connectivity index (χ0n) is 7.43. The number of aromatic nitrogens is 2. The Balaban J connectivity index is 2.39. The Morgan fingerprint density at radius 1 is 1.71 bits per heavy atom. The van der Waals surface area contributed by atoms with Crippen molar-refractivity contribution in [2.75, 3.05) is 0 Å². The van der Waals surface area contributed by atoms with Crippen LogP contribution >= 0.6 is 0 Å². The molecule has 2 N–H and O–H groups in total. The van der Waals surface area contributed by atoms with Crippen molar-refractivity contribution in [3.63, 3.8) is 0 Å². The van der Waals surface area contributed by atoms with E-state index in [2.05, 4.69) is 20.0 Å². The van der Waals surface area contributed by atoms with E-state index < -0.39 is 17.8 Å². The summed E-state index contributed by atoms with van der Waals surface area (Å²) in [5.74, 6) is -2.53. The number of amides is 1. The number of nitrogens with zero attached hydrogens (tertiary/aromatic N) is 2. The number of nitrogens with one attached hydrogen (secondary N) is 1. The molecule has 0 aliphatic carbocycles. The summed E-state index contributed by atoms with van der Waals surface area (Å²) >= 11 is 0. The van der Waals surface area contributed by atoms with Gasteiger partial charge < -0.3 is 14.9 Å². The first-order valence-corrected chi connectivity index (χ1v) is 3.87. The zero-order valence-corrected chi connectivity index (χ0v) is 7.43. The van der Waals surface area contributed by atoms with Crippen LogP contribution in [0.1, 0.15) is 12.7 Å². The van der Waals surface area contributed by atoms with Crippen LogP contribution in [0.15, 0.2) is 10.9 Å². The summed E-state index contributed by atoms with van der Waals surface area (Å²) in [4.78, 5) is 25.1. The van der Waals surface area contributed by atoms with Crippen molar-refractivity contribution in [1.82, 2.24) is 15.5 Å². The molecule has 0 bridgehead atoms. The molecule has 0 aliphatic rings. The van der Waals surface area contributed by atoms with E-state index in [4.69, 9.17) is 5.11 Å². The minimum Gasteiger partial charge on any atom is -0.481 e. The highest BCUT2D eigenvalue weighted by atomic mass is 16.5. The van der Waals surface area contributed by atoms with Crippen LogP contribution in [-0.2, 0) is 16.1 Å². The summed E-state index contributed by atoms with van der Waals surface area (Å²) in [7, 11) is 0. The third kappa shape index (κ3) is 2.54. The molecule has 7 nitrogen and oxygen atoms in total. The number of hydrogen-bond acceptors (Lipinski definition) is 5. The number of carbonyl (C=O) groups is 2. The van der Waals surface area contributed by atoms with Crippen LogP contribution in [0.2, 0.25) is 0 Å². The molecule has 1 unspecified atom stereocenters. The number of aliphatic carboxylic acids is 1. The van der Waals surface area contributed by atoms with E-state index >= 15 is 0 Å². The van der Waals surface area contributed by atoms with Gasteiger partial charge in [0.1, 0.15) is 5.92 Å². The lowest BCUT2D eigenvalue weighted by Gasteiger charge is -2.05. The first kappa shape index (κ1) is 10.2. The van der Waals surface area contributed by atoms with E-state index in [-0.39, 0.29) is 6.54 Å². The summed E-state index contributed by atoms with van der Waals surface area (Å²) in [5, 5.41) is 14.3. The molecule has 1 heterocycles. The van der Waals surface area contributed by atoms with Gasteiger partial charge in [-0.2, -0.15) is 4.98 Å². The zero-order chi connectivity index (χ0) is 10.6. The maximum absolute atomic E-state index is 11.1. The fourth-order valence-electron chi connectivity index (χ4n) is 0.702. The van der Waals surface area contributed by atoms with Crippen molar-refractivity contribution in [2.45, 2.75) is 13.5 Å². The summed E-state index contributed by atoms with van der Waals surface area (Å²) < 4.78 is 4.43. The van der Waals surface area contributed by atoms with E-state index in [9.17, 15) is 9.59 Å². The van der Waals surface area contributed by atoms with Crippen molar-refractivity contribution in [1.29, 1.82) is 0 Å². The van der Waals surface area contributed by atoms with Crippen molar-refractivity contribution < 1.29 is 19.2 Å². The van der Waals surface area contributed by atoms with E-state index in [1.54, 1.807) is 0 Å². The van der Waals surface area contributed by atoms with Gasteiger partial charge in [-0.25, -0.2) is 0 Å². The molecule has 14 heavy (non-hydrogen) atoms. The second kappa shape index (κ2) is 4.35. The van der Waals surface area contributed by atoms with Crippen molar-refractivity contribution in [3.8, 4) is 0 Å². The smallest absolute Gasteiger partial charge is 0.315 e. The van der Waals surface area contributed by atoms with Crippen molar-refractivity contribution in [2.24, 2.45) is 5.92 Å². The summed E-state index contributed by atoms with van der Waals surface area (Å²) in [5.41, 5.74) is 0. The first-order valence-electron chi connectivity index (χ1n) is 3.87. The van der Waals surface area contributed by atoms with Crippen molar-refractivity contribution in [3.05, 3.63) is 12.2 Å². The second-order valence-electron chi connectivity index (χ2n) is 2.63. The van der Waals surface area contributed by atoms with Gasteiger partial charge in [-0.3, -0.25) is 9.59 Å². The topological polar surface area (TPSA) is 105 Å². The monoisotopic (exact) mass is 199 g/mol. The molecule has 1 rings (SSSR count). The fraction of sp³-hybridized carbons (Fsp3) is 0.429. The minimum absolute atomic E-state index is 0.0625. The molecule has 0 spiro atoms. The lowest BCUT2D eigenvalue weighted by atomic mass is 10.2. The molecule has 0 radical (unpaired) electrons. The Morgan fingerprint density at radius 3 is 2.93 bits per heavy atom. The molecule has 1 aromatic heterocycles. The Labute approximate surface area is 79.1 Å². The van der Waals surface area contributed by atoms with Gasteiger partial charge in [0.05, 0.1) is 6.54 Å². The van der Waals surface area contributed by atoms with Crippen LogP contribution in [0, 0.1) is 5.92 Å². The quantitative estimate of drug-likeness (QED) is 0.627. The molecular formula is C7H9N3O4. The van der Waals surface area contributed by atoms with E-state index in [1.165, 1.54) is 6.92 Å². The summed E-state index contributed by atoms with van der Waals surface area (Å²) in [6, 6.07) is 0. The van der Waals surface area contributed by atoms with E-state index in [0.29, 0.717) is 5.82 Å². The van der Waals surface area contributed by atoms with Crippen molar-refractivity contribution >= 4 is 11.9 Å². The standard InChI is InChI=1S/C7H9N3O4/c1-4(7(12)13)6(11)8-2-5-9-3-14-10-5/h3-4H,2H2,1H3,(H,8,11)(H,12,13). The van der Waals surface area contributed by atoms with Gasteiger partial charge in [-0.05, 0) is 6.92 Å². The molecule has 0 aromatic carbocycles. The average molecular weight is 199 g/mol. The molecule has 0 aliphatic heterocycles. The van der Waals surface area contributed by atoms with Crippen LogP contribution in [0.25, 0.3) is 0 Å². The Kier molecular flexibility index (Phi) is 3.16. The number of rotatable bonds is 4. The molecule has 1 amide bonds. The van der Waals surface area contributed by atoms with Crippen LogP contribution < -0.4 is 5.32 Å². The van der Waals surface area contributed by atoms with Crippen LogP contribution in [-0.4, -0.2) is 27.1 Å². The van der Waals surface area contributed by atoms with E-state index in [0.717, 1.165) is 6.39 Å². The first-order chi connectivity index (χ1) is 6.61. The summed E-state index contributed by atoms with van der Waals surface area (Å²) in [6.45, 7) is 1.36. The largest absolute Gasteiger partial charge is 0.481 e. The number of carboxylic acids is 1. The fourth-order valence-corrected chi connectivity index (χ4v) is 0.702. The minimum atomic E-state index is -1.17. The maximum Gasteiger partial charge on any atom is 0.315 e. The number of hydrogen-bond donors (Lipinski definition) is 2. The molecule has 0 saturated carbocycles. The second-order valence-corrected chi connectivity index (χ2v) is 2.63. The van der Waals surface area contributed by atoms with E-state index in [1.807, 2.05) is 0 Å². The van der Waals surface area contributed by atoms with Crippen LogP contribution in [0.5, 0.6) is 0 Å². The number of carboxylic acid groups (broad SMARTS) is 1. The normalized spacial score (nSPS) is 12.1. The SMILES string of the molecule is CC(C(=O)O)C(=O)NCc1ncon1. The summed E-state index contributed by atoms with van der Waals surface area (Å²) in [6.07, 6.45) is 1.13. The maximum atomic E-state index is 11.1. The van der Waals surface area contributed by atoms with Gasteiger partial charge in [-0.1, -0.05) is 5.16 Å². The molecule has 7 heteroatoms. The van der Waals surface area contributed by atoms with Gasteiger partial charge in [0.15, 0.2) is 5.82 Å². The molecule has 76 valence electrons. The van der Waals surface area contributed by atoms with Gasteiger partial charge in [-0.15, -0.1) is 0 Å². The lowest BCUT2D eigenvalue weighted by molar-refractivity contribution is -0.146. The molecule has 0 saturated heterocycles. The predicted octanol–water partition coefficient (Wildman–Crippen LogP) is -0.594. The van der Waals surface area contributed by atoms with Gasteiger partial charge in [0.2, 0.25) is 12.3 Å². The predicted molar refractivity (Wildman–Crippen MR) is 42.9 cm³/mol. The third-order valence-corrected chi connectivity index (χ3v) is 1.59. The molecule has 1 atom stereocenters. The molecule has 1 aromatic rings. The number of carbonyl (C=O) groups excluding carboxylic acids is 1. The highest BCUT2D eigenvalue weighted by Gasteiger charge is 2.20.